The van der Waals surface area contributed by atoms with E-state index in [2.05, 4.69) is 4.98 Å². The van der Waals surface area contributed by atoms with Crippen molar-refractivity contribution in [1.82, 2.24) is 4.98 Å². The molecule has 15 heavy (non-hydrogen) atoms. The predicted molar refractivity (Wildman–Crippen MR) is 56.7 cm³/mol. The normalized spacial score (nSPS) is 16.9. The number of ether oxygens (including phenoxy) is 1. The summed E-state index contributed by atoms with van der Waals surface area (Å²) in [5.74, 6) is 0.485. The van der Waals surface area contributed by atoms with Gasteiger partial charge in [0.2, 0.25) is 0 Å². The lowest BCUT2D eigenvalue weighted by molar-refractivity contribution is -0.0686. The summed E-state index contributed by atoms with van der Waals surface area (Å²) in [6.07, 6.45) is 0.958. The monoisotopic (exact) mass is 211 g/mol. The van der Waals surface area contributed by atoms with E-state index in [0.29, 0.717) is 17.9 Å². The zero-order valence-electron chi connectivity index (χ0n) is 9.27. The smallest absolute Gasteiger partial charge is 0.143 e. The van der Waals surface area contributed by atoms with Gasteiger partial charge in [0.25, 0.3) is 0 Å². The third kappa shape index (κ3) is 2.46. The Balaban J connectivity index is 3.05. The first kappa shape index (κ1) is 11.9. The third-order valence-corrected chi connectivity index (χ3v) is 2.58. The molecule has 0 aromatic carbocycles. The van der Waals surface area contributed by atoms with Crippen LogP contribution in [0.15, 0.2) is 18.3 Å². The van der Waals surface area contributed by atoms with Crippen LogP contribution < -0.4 is 4.74 Å². The molecular formula is C11H17NO3. The summed E-state index contributed by atoms with van der Waals surface area (Å²) in [5, 5.41) is 19.9. The van der Waals surface area contributed by atoms with E-state index >= 15 is 0 Å². The highest BCUT2D eigenvalue weighted by Gasteiger charge is 2.32. The molecule has 0 amide bonds. The van der Waals surface area contributed by atoms with Crippen molar-refractivity contribution in [3.8, 4) is 5.75 Å². The Morgan fingerprint density at radius 1 is 1.60 bits per heavy atom. The number of nitrogens with zero attached hydrogens (tertiary/aromatic N) is 1. The standard InChI is InChI=1S/C11H17NO3/c1-4-11(2,14)10(13)9-8(15-3)6-5-7-12-9/h5-7,10,13-14H,4H2,1-3H3. The van der Waals surface area contributed by atoms with Crippen molar-refractivity contribution in [3.63, 3.8) is 0 Å². The van der Waals surface area contributed by atoms with Gasteiger partial charge in [0.1, 0.15) is 17.5 Å². The molecule has 0 aliphatic carbocycles. The van der Waals surface area contributed by atoms with E-state index in [1.807, 2.05) is 0 Å². The molecule has 1 heterocycles. The Bertz CT molecular complexity index is 325. The SMILES string of the molecule is CCC(C)(O)C(O)c1ncccc1OC. The summed E-state index contributed by atoms with van der Waals surface area (Å²) in [6, 6.07) is 3.42. The van der Waals surface area contributed by atoms with E-state index < -0.39 is 11.7 Å². The second-order valence-corrected chi connectivity index (χ2v) is 3.70. The second-order valence-electron chi connectivity index (χ2n) is 3.70. The van der Waals surface area contributed by atoms with Crippen LogP contribution in [0.2, 0.25) is 0 Å². The van der Waals surface area contributed by atoms with E-state index in [1.165, 1.54) is 7.11 Å². The molecule has 4 heteroatoms. The first-order chi connectivity index (χ1) is 7.03. The van der Waals surface area contributed by atoms with Gasteiger partial charge in [0, 0.05) is 6.20 Å². The average Bonchev–Trinajstić information content (AvgIpc) is 2.28. The van der Waals surface area contributed by atoms with Crippen LogP contribution in [0.3, 0.4) is 0 Å². The summed E-state index contributed by atoms with van der Waals surface area (Å²) < 4.78 is 5.07. The third-order valence-electron chi connectivity index (χ3n) is 2.58. The molecule has 0 fully saturated rings. The maximum Gasteiger partial charge on any atom is 0.143 e. The Morgan fingerprint density at radius 2 is 2.27 bits per heavy atom. The van der Waals surface area contributed by atoms with Crippen molar-refractivity contribution in [3.05, 3.63) is 24.0 Å². The van der Waals surface area contributed by atoms with E-state index in [0.717, 1.165) is 0 Å². The Hall–Kier alpha value is -1.13. The summed E-state index contributed by atoms with van der Waals surface area (Å²) in [6.45, 7) is 3.38. The highest BCUT2D eigenvalue weighted by molar-refractivity contribution is 5.29. The van der Waals surface area contributed by atoms with Crippen molar-refractivity contribution < 1.29 is 14.9 Å². The molecule has 0 radical (unpaired) electrons. The molecule has 1 rings (SSSR count). The average molecular weight is 211 g/mol. The Kier molecular flexibility index (Phi) is 3.66. The summed E-state index contributed by atoms with van der Waals surface area (Å²) in [7, 11) is 1.51. The second kappa shape index (κ2) is 4.59. The molecular weight excluding hydrogens is 194 g/mol. The lowest BCUT2D eigenvalue weighted by Gasteiger charge is -2.27. The number of pyridine rings is 1. The van der Waals surface area contributed by atoms with Crippen LogP contribution in [0.1, 0.15) is 32.1 Å². The van der Waals surface area contributed by atoms with Crippen molar-refractivity contribution in [2.24, 2.45) is 0 Å². The molecule has 2 atom stereocenters. The largest absolute Gasteiger partial charge is 0.495 e. The van der Waals surface area contributed by atoms with Crippen molar-refractivity contribution in [2.75, 3.05) is 7.11 Å². The first-order valence-corrected chi connectivity index (χ1v) is 4.92. The molecule has 1 aromatic heterocycles. The van der Waals surface area contributed by atoms with E-state index in [9.17, 15) is 10.2 Å². The Morgan fingerprint density at radius 3 is 2.80 bits per heavy atom. The summed E-state index contributed by atoms with van der Waals surface area (Å²) in [5.41, 5.74) is -0.825. The number of hydrogen-bond acceptors (Lipinski definition) is 4. The fraction of sp³-hybridized carbons (Fsp3) is 0.545. The summed E-state index contributed by atoms with van der Waals surface area (Å²) in [4.78, 5) is 4.03. The van der Waals surface area contributed by atoms with Gasteiger partial charge in [-0.2, -0.15) is 0 Å². The number of methoxy groups -OCH3 is 1. The molecule has 84 valence electrons. The van der Waals surface area contributed by atoms with Crippen LogP contribution in [-0.2, 0) is 0 Å². The molecule has 2 N–H and O–H groups in total. The molecule has 0 aliphatic rings. The molecule has 0 spiro atoms. The lowest BCUT2D eigenvalue weighted by Crippen LogP contribution is -2.32. The van der Waals surface area contributed by atoms with Gasteiger partial charge in [-0.1, -0.05) is 6.92 Å². The van der Waals surface area contributed by atoms with Crippen molar-refractivity contribution >= 4 is 0 Å². The van der Waals surface area contributed by atoms with Crippen molar-refractivity contribution in [1.29, 1.82) is 0 Å². The molecule has 2 unspecified atom stereocenters. The van der Waals surface area contributed by atoms with Crippen LogP contribution in [0.25, 0.3) is 0 Å². The molecule has 0 aliphatic heterocycles. The maximum absolute atomic E-state index is 9.97. The molecule has 0 bridgehead atoms. The summed E-state index contributed by atoms with van der Waals surface area (Å²) >= 11 is 0. The molecule has 1 aromatic rings. The maximum atomic E-state index is 9.97. The zero-order valence-corrected chi connectivity index (χ0v) is 9.27. The minimum absolute atomic E-state index is 0.367. The fourth-order valence-corrected chi connectivity index (χ4v) is 1.27. The van der Waals surface area contributed by atoms with Crippen LogP contribution >= 0.6 is 0 Å². The van der Waals surface area contributed by atoms with Crippen LogP contribution in [0, 0.1) is 0 Å². The topological polar surface area (TPSA) is 62.6 Å². The Labute approximate surface area is 89.5 Å². The number of aliphatic hydroxyl groups excluding tert-OH is 1. The van der Waals surface area contributed by atoms with Crippen LogP contribution in [-0.4, -0.2) is 27.9 Å². The highest BCUT2D eigenvalue weighted by Crippen LogP contribution is 2.32. The first-order valence-electron chi connectivity index (χ1n) is 4.92. The van der Waals surface area contributed by atoms with Crippen molar-refractivity contribution in [2.45, 2.75) is 32.0 Å². The fourth-order valence-electron chi connectivity index (χ4n) is 1.27. The minimum Gasteiger partial charge on any atom is -0.495 e. The van der Waals surface area contributed by atoms with Gasteiger partial charge < -0.3 is 14.9 Å². The molecule has 0 saturated heterocycles. The van der Waals surface area contributed by atoms with Gasteiger partial charge >= 0.3 is 0 Å². The van der Waals surface area contributed by atoms with E-state index in [1.54, 1.807) is 32.2 Å². The quantitative estimate of drug-likeness (QED) is 0.787. The molecule has 0 saturated carbocycles. The van der Waals surface area contributed by atoms with E-state index in [4.69, 9.17) is 4.74 Å². The number of hydrogen-bond donors (Lipinski definition) is 2. The van der Waals surface area contributed by atoms with Gasteiger partial charge in [0.05, 0.1) is 12.7 Å². The van der Waals surface area contributed by atoms with E-state index in [-0.39, 0.29) is 0 Å². The minimum atomic E-state index is -1.19. The van der Waals surface area contributed by atoms with Gasteiger partial charge in [-0.25, -0.2) is 0 Å². The lowest BCUT2D eigenvalue weighted by atomic mass is 9.93. The van der Waals surface area contributed by atoms with Gasteiger partial charge in [0.15, 0.2) is 0 Å². The van der Waals surface area contributed by atoms with Gasteiger partial charge in [-0.05, 0) is 25.5 Å². The number of rotatable bonds is 4. The predicted octanol–water partition coefficient (Wildman–Crippen LogP) is 1.28. The van der Waals surface area contributed by atoms with Gasteiger partial charge in [-0.3, -0.25) is 4.98 Å². The highest BCUT2D eigenvalue weighted by atomic mass is 16.5. The zero-order chi connectivity index (χ0) is 11.5. The number of aliphatic hydroxyl groups is 2. The van der Waals surface area contributed by atoms with Crippen LogP contribution in [0.5, 0.6) is 5.75 Å². The number of aromatic nitrogens is 1. The van der Waals surface area contributed by atoms with Gasteiger partial charge in [-0.15, -0.1) is 0 Å². The van der Waals surface area contributed by atoms with Crippen LogP contribution in [0.4, 0.5) is 0 Å². The molecule has 4 nitrogen and oxygen atoms in total.